The standard InChI is InChI=1S/C25H34N6O7/c26-25(27)28-12-4-8-17(20(33)15-32)30-23(37)19-9-5-13-31(19)24(38)18(14-22(35)36)29-21(34)11-10-16-6-2-1-3-7-16/h1-3,6-7,15,17-19H,4-5,8-14H2,(H,29,34)(H,30,37)(H,35,36)(H4,26,27,28)/t17-,18?,19?/m0/s1. The van der Waals surface area contributed by atoms with Crippen molar-refractivity contribution >= 4 is 41.7 Å². The molecule has 3 atom stereocenters. The Balaban J connectivity index is 2.05. The zero-order valence-electron chi connectivity index (χ0n) is 21.0. The molecule has 13 heteroatoms. The van der Waals surface area contributed by atoms with Crippen molar-refractivity contribution in [2.24, 2.45) is 16.5 Å². The first-order chi connectivity index (χ1) is 18.1. The van der Waals surface area contributed by atoms with Gasteiger partial charge in [0.05, 0.1) is 12.5 Å². The number of carboxylic acids is 1. The lowest BCUT2D eigenvalue weighted by Crippen LogP contribution is -2.55. The average Bonchev–Trinajstić information content (AvgIpc) is 3.38. The second-order valence-corrected chi connectivity index (χ2v) is 8.92. The largest absolute Gasteiger partial charge is 0.481 e. The number of hydrogen-bond acceptors (Lipinski definition) is 7. The van der Waals surface area contributed by atoms with Gasteiger partial charge in [0.15, 0.2) is 12.2 Å². The summed E-state index contributed by atoms with van der Waals surface area (Å²) >= 11 is 0. The number of likely N-dealkylation sites (tertiary alicyclic amines) is 1. The van der Waals surface area contributed by atoms with Gasteiger partial charge in [0.1, 0.15) is 12.1 Å². The maximum Gasteiger partial charge on any atom is 0.305 e. The van der Waals surface area contributed by atoms with Crippen LogP contribution in [0.4, 0.5) is 0 Å². The molecule has 2 unspecified atom stereocenters. The molecule has 0 aromatic heterocycles. The molecule has 38 heavy (non-hydrogen) atoms. The lowest BCUT2D eigenvalue weighted by molar-refractivity contribution is -0.146. The number of carboxylic acid groups (broad SMARTS) is 1. The van der Waals surface area contributed by atoms with Crippen LogP contribution in [0.2, 0.25) is 0 Å². The summed E-state index contributed by atoms with van der Waals surface area (Å²) in [6.45, 7) is 0.361. The van der Waals surface area contributed by atoms with E-state index in [2.05, 4.69) is 15.6 Å². The van der Waals surface area contributed by atoms with Crippen molar-refractivity contribution in [2.45, 2.75) is 63.1 Å². The molecular weight excluding hydrogens is 496 g/mol. The summed E-state index contributed by atoms with van der Waals surface area (Å²) in [6, 6.07) is 5.74. The van der Waals surface area contributed by atoms with Crippen molar-refractivity contribution in [1.29, 1.82) is 0 Å². The zero-order chi connectivity index (χ0) is 28.1. The molecule has 0 aliphatic carbocycles. The number of aliphatic imine (C=N–C) groups is 1. The molecule has 13 nitrogen and oxygen atoms in total. The Kier molecular flexibility index (Phi) is 11.9. The number of benzene rings is 1. The average molecular weight is 531 g/mol. The predicted octanol–water partition coefficient (Wildman–Crippen LogP) is -1.12. The first-order valence-corrected chi connectivity index (χ1v) is 12.3. The van der Waals surface area contributed by atoms with Crippen molar-refractivity contribution in [3.63, 3.8) is 0 Å². The number of aldehydes is 1. The van der Waals surface area contributed by atoms with E-state index >= 15 is 0 Å². The van der Waals surface area contributed by atoms with Crippen LogP contribution in [0.25, 0.3) is 0 Å². The molecule has 206 valence electrons. The number of Topliss-reactive ketones (excluding diaryl/α,β-unsaturated/α-hetero) is 1. The van der Waals surface area contributed by atoms with Gasteiger partial charge in [-0.2, -0.15) is 0 Å². The minimum atomic E-state index is -1.36. The number of rotatable bonds is 15. The first-order valence-electron chi connectivity index (χ1n) is 12.3. The number of aliphatic carboxylic acids is 1. The molecule has 1 aliphatic heterocycles. The van der Waals surface area contributed by atoms with E-state index in [4.69, 9.17) is 11.5 Å². The van der Waals surface area contributed by atoms with Crippen LogP contribution in [-0.4, -0.2) is 82.9 Å². The van der Waals surface area contributed by atoms with Crippen molar-refractivity contribution in [2.75, 3.05) is 13.1 Å². The van der Waals surface area contributed by atoms with Gasteiger partial charge in [-0.25, -0.2) is 0 Å². The molecule has 0 radical (unpaired) electrons. The maximum absolute atomic E-state index is 13.3. The highest BCUT2D eigenvalue weighted by molar-refractivity contribution is 6.28. The molecule has 1 heterocycles. The van der Waals surface area contributed by atoms with Gasteiger partial charge < -0.3 is 32.1 Å². The fraction of sp³-hybridized carbons (Fsp3) is 0.480. The summed E-state index contributed by atoms with van der Waals surface area (Å²) in [5, 5.41) is 14.3. The Bertz CT molecular complexity index is 1040. The van der Waals surface area contributed by atoms with Crippen LogP contribution in [0.3, 0.4) is 0 Å². The Labute approximate surface area is 220 Å². The number of amides is 3. The third-order valence-electron chi connectivity index (χ3n) is 6.06. The van der Waals surface area contributed by atoms with Crippen LogP contribution in [-0.2, 0) is 35.2 Å². The quantitative estimate of drug-likeness (QED) is 0.0609. The van der Waals surface area contributed by atoms with E-state index in [9.17, 15) is 33.9 Å². The smallest absolute Gasteiger partial charge is 0.305 e. The number of aryl methyl sites for hydroxylation is 1. The number of nitrogens with zero attached hydrogens (tertiary/aromatic N) is 2. The summed E-state index contributed by atoms with van der Waals surface area (Å²) in [4.78, 5) is 78.4. The third-order valence-corrected chi connectivity index (χ3v) is 6.06. The summed E-state index contributed by atoms with van der Waals surface area (Å²) in [7, 11) is 0. The number of carbonyl (C=O) groups is 6. The molecule has 7 N–H and O–H groups in total. The van der Waals surface area contributed by atoms with Gasteiger partial charge >= 0.3 is 5.97 Å². The number of carbonyl (C=O) groups excluding carboxylic acids is 5. The number of hydrogen-bond donors (Lipinski definition) is 5. The molecule has 1 saturated heterocycles. The number of guanidine groups is 1. The fourth-order valence-electron chi connectivity index (χ4n) is 4.19. The Morgan fingerprint density at radius 3 is 2.45 bits per heavy atom. The lowest BCUT2D eigenvalue weighted by Gasteiger charge is -2.29. The molecule has 0 bridgehead atoms. The van der Waals surface area contributed by atoms with Gasteiger partial charge in [-0.15, -0.1) is 0 Å². The third kappa shape index (κ3) is 9.64. The molecule has 0 spiro atoms. The van der Waals surface area contributed by atoms with Gasteiger partial charge in [0, 0.05) is 19.5 Å². The second kappa shape index (κ2) is 15.1. The Hall–Kier alpha value is -4.29. The summed E-state index contributed by atoms with van der Waals surface area (Å²) < 4.78 is 0. The molecule has 0 saturated carbocycles. The minimum absolute atomic E-state index is 0.0483. The van der Waals surface area contributed by atoms with E-state index < -0.39 is 54.0 Å². The molecule has 2 rings (SSSR count). The number of nitrogens with two attached hydrogens (primary N) is 2. The van der Waals surface area contributed by atoms with E-state index in [-0.39, 0.29) is 44.6 Å². The van der Waals surface area contributed by atoms with E-state index in [0.717, 1.165) is 5.56 Å². The molecule has 1 aromatic carbocycles. The minimum Gasteiger partial charge on any atom is -0.481 e. The second-order valence-electron chi connectivity index (χ2n) is 8.92. The predicted molar refractivity (Wildman–Crippen MR) is 137 cm³/mol. The molecule has 1 aromatic rings. The highest BCUT2D eigenvalue weighted by Crippen LogP contribution is 2.20. The number of ketones is 1. The van der Waals surface area contributed by atoms with Crippen molar-refractivity contribution in [3.05, 3.63) is 35.9 Å². The van der Waals surface area contributed by atoms with E-state index in [1.54, 1.807) is 0 Å². The molecule has 1 aliphatic rings. The highest BCUT2D eigenvalue weighted by Gasteiger charge is 2.39. The summed E-state index contributed by atoms with van der Waals surface area (Å²) in [5.74, 6) is -4.11. The van der Waals surface area contributed by atoms with E-state index in [1.165, 1.54) is 4.90 Å². The lowest BCUT2D eigenvalue weighted by atomic mass is 10.1. The van der Waals surface area contributed by atoms with Crippen molar-refractivity contribution < 1.29 is 33.9 Å². The molecule has 1 fully saturated rings. The van der Waals surface area contributed by atoms with Crippen LogP contribution in [0.15, 0.2) is 35.3 Å². The topological polar surface area (TPSA) is 214 Å². The molecule has 3 amide bonds. The normalized spacial score (nSPS) is 16.1. The summed E-state index contributed by atoms with van der Waals surface area (Å²) in [5.41, 5.74) is 11.4. The summed E-state index contributed by atoms with van der Waals surface area (Å²) in [6.07, 6.45) is 1.05. The Morgan fingerprint density at radius 2 is 1.82 bits per heavy atom. The fourth-order valence-corrected chi connectivity index (χ4v) is 4.19. The van der Waals surface area contributed by atoms with Gasteiger partial charge in [0.2, 0.25) is 23.5 Å². The SMILES string of the molecule is NC(N)=NCCC[C@H](NC(=O)C1CCCN1C(=O)C(CC(=O)O)NC(=O)CCc1ccccc1)C(=O)C=O. The van der Waals surface area contributed by atoms with Crippen LogP contribution in [0.5, 0.6) is 0 Å². The van der Waals surface area contributed by atoms with Crippen LogP contribution in [0, 0.1) is 0 Å². The van der Waals surface area contributed by atoms with Gasteiger partial charge in [-0.1, -0.05) is 30.3 Å². The van der Waals surface area contributed by atoms with Crippen molar-refractivity contribution in [1.82, 2.24) is 15.5 Å². The molecular formula is C25H34N6O7. The zero-order valence-corrected chi connectivity index (χ0v) is 21.0. The van der Waals surface area contributed by atoms with E-state index in [1.807, 2.05) is 30.3 Å². The highest BCUT2D eigenvalue weighted by atomic mass is 16.4. The van der Waals surface area contributed by atoms with Crippen LogP contribution >= 0.6 is 0 Å². The monoisotopic (exact) mass is 530 g/mol. The van der Waals surface area contributed by atoms with Gasteiger partial charge in [0.25, 0.3) is 0 Å². The van der Waals surface area contributed by atoms with Crippen molar-refractivity contribution in [3.8, 4) is 0 Å². The Morgan fingerprint density at radius 1 is 1.11 bits per heavy atom. The first kappa shape index (κ1) is 29.9. The van der Waals surface area contributed by atoms with Gasteiger partial charge in [-0.05, 0) is 37.7 Å². The van der Waals surface area contributed by atoms with E-state index in [0.29, 0.717) is 19.3 Å². The maximum atomic E-state index is 13.3. The number of nitrogens with one attached hydrogen (secondary N) is 2. The van der Waals surface area contributed by atoms with Gasteiger partial charge in [-0.3, -0.25) is 33.8 Å². The van der Waals surface area contributed by atoms with Crippen LogP contribution < -0.4 is 22.1 Å². The van der Waals surface area contributed by atoms with Crippen LogP contribution in [0.1, 0.15) is 44.1 Å².